The monoisotopic (exact) mass is 158 g/mol. The van der Waals surface area contributed by atoms with E-state index in [4.69, 9.17) is 34.8 Å². The quantitative estimate of drug-likeness (QED) is 0.516. The van der Waals surface area contributed by atoms with E-state index in [1.807, 2.05) is 0 Å². The average molecular weight is 159 g/mol. The third-order valence-corrected chi connectivity index (χ3v) is 0.734. The molecule has 42 valence electrons. The van der Waals surface area contributed by atoms with Crippen molar-refractivity contribution in [2.24, 2.45) is 0 Å². The minimum atomic E-state index is -0.475. The lowest BCUT2D eigenvalue weighted by Gasteiger charge is -1.86. The molecule has 0 bridgehead atoms. The maximum atomic E-state index is 5.36. The highest BCUT2D eigenvalue weighted by molar-refractivity contribution is 6.46. The van der Waals surface area contributed by atoms with E-state index in [9.17, 15) is 0 Å². The Morgan fingerprint density at radius 1 is 1.57 bits per heavy atom. The van der Waals surface area contributed by atoms with Crippen LogP contribution in [-0.2, 0) is 0 Å². The molecule has 0 atom stereocenters. The average Bonchev–Trinajstić information content (AvgIpc) is 1.27. The molecule has 0 nitrogen and oxygen atoms in total. The maximum Gasteiger partial charge on any atom is 0.127 e. The van der Waals surface area contributed by atoms with Gasteiger partial charge in [0.2, 0.25) is 0 Å². The second kappa shape index (κ2) is 3.59. The predicted octanol–water partition coefficient (Wildman–Crippen LogP) is 2.93. The molecule has 0 aliphatic rings. The Morgan fingerprint density at radius 2 is 2.00 bits per heavy atom. The third kappa shape index (κ3) is 6.61. The fourth-order valence-electron chi connectivity index (χ4n) is 0.174. The van der Waals surface area contributed by atoms with Gasteiger partial charge in [-0.15, -0.1) is 23.2 Å². The van der Waals surface area contributed by atoms with Crippen LogP contribution in [0.25, 0.3) is 0 Å². The summed E-state index contributed by atoms with van der Waals surface area (Å²) in [5.74, 6) is 0. The van der Waals surface area contributed by atoms with Gasteiger partial charge in [0.25, 0.3) is 0 Å². The van der Waals surface area contributed by atoms with Crippen LogP contribution >= 0.6 is 34.8 Å². The van der Waals surface area contributed by atoms with Crippen molar-refractivity contribution in [3.8, 4) is 0 Å². The molecule has 0 unspecified atom stereocenters. The van der Waals surface area contributed by atoms with Crippen LogP contribution in [0.2, 0.25) is 0 Å². The molecule has 0 aromatic rings. The van der Waals surface area contributed by atoms with E-state index in [2.05, 4.69) is 0 Å². The van der Waals surface area contributed by atoms with Crippen LogP contribution in [0.4, 0.5) is 0 Å². The third-order valence-electron chi connectivity index (χ3n) is 0.356. The Bertz CT molecular complexity index is 71.0. The van der Waals surface area contributed by atoms with Crippen LogP contribution in [0.15, 0.2) is 11.1 Å². The Balaban J connectivity index is 3.45. The van der Waals surface area contributed by atoms with Gasteiger partial charge in [-0.3, -0.25) is 0 Å². The summed E-state index contributed by atoms with van der Waals surface area (Å²) < 4.78 is 0. The van der Waals surface area contributed by atoms with E-state index < -0.39 is 4.84 Å². The van der Waals surface area contributed by atoms with E-state index in [0.717, 1.165) is 0 Å². The van der Waals surface area contributed by atoms with Crippen molar-refractivity contribution in [2.45, 2.75) is 11.8 Å². The van der Waals surface area contributed by atoms with Gasteiger partial charge in [-0.05, 0) is 13.0 Å². The van der Waals surface area contributed by atoms with Crippen molar-refractivity contribution in [2.75, 3.05) is 0 Å². The molecular formula is C4H5Cl3. The lowest BCUT2D eigenvalue weighted by molar-refractivity contribution is 1.52. The van der Waals surface area contributed by atoms with Crippen molar-refractivity contribution in [3.63, 3.8) is 0 Å². The molecule has 0 rings (SSSR count). The molecule has 3 heteroatoms. The summed E-state index contributed by atoms with van der Waals surface area (Å²) in [6.07, 6.45) is 1.55. The largest absolute Gasteiger partial charge is 0.127 e. The van der Waals surface area contributed by atoms with Crippen LogP contribution in [0.1, 0.15) is 6.92 Å². The van der Waals surface area contributed by atoms with Crippen LogP contribution in [0.5, 0.6) is 0 Å². The molecule has 0 aliphatic heterocycles. The van der Waals surface area contributed by atoms with E-state index in [1.165, 1.54) is 0 Å². The summed E-state index contributed by atoms with van der Waals surface area (Å²) in [6.45, 7) is 1.72. The van der Waals surface area contributed by atoms with Crippen molar-refractivity contribution >= 4 is 34.8 Å². The van der Waals surface area contributed by atoms with E-state index in [0.29, 0.717) is 5.03 Å². The summed E-state index contributed by atoms with van der Waals surface area (Å²) in [5, 5.41) is 0.620. The van der Waals surface area contributed by atoms with Crippen LogP contribution in [-0.4, -0.2) is 4.84 Å². The van der Waals surface area contributed by atoms with Gasteiger partial charge in [0, 0.05) is 5.03 Å². The lowest BCUT2D eigenvalue weighted by atomic mass is 10.6. The van der Waals surface area contributed by atoms with Gasteiger partial charge >= 0.3 is 0 Å². The Kier molecular flexibility index (Phi) is 3.91. The topological polar surface area (TPSA) is 0 Å². The fraction of sp³-hybridized carbons (Fsp3) is 0.500. The number of hydrogen-bond acceptors (Lipinski definition) is 0. The molecular weight excluding hydrogens is 154 g/mol. The molecule has 0 aromatic carbocycles. The second-order valence-corrected chi connectivity index (χ2v) is 2.85. The first-order chi connectivity index (χ1) is 3.13. The van der Waals surface area contributed by atoms with Gasteiger partial charge in [0.1, 0.15) is 4.84 Å². The minimum absolute atomic E-state index is 0.475. The van der Waals surface area contributed by atoms with Crippen molar-refractivity contribution in [3.05, 3.63) is 11.1 Å². The molecule has 0 radical (unpaired) electrons. The first-order valence-electron chi connectivity index (χ1n) is 1.75. The fourth-order valence-corrected chi connectivity index (χ4v) is 0.807. The van der Waals surface area contributed by atoms with Gasteiger partial charge in [-0.25, -0.2) is 0 Å². The Labute approximate surface area is 58.1 Å². The van der Waals surface area contributed by atoms with Gasteiger partial charge in [0.05, 0.1) is 0 Å². The molecule has 0 amide bonds. The Hall–Kier alpha value is 0.610. The first-order valence-corrected chi connectivity index (χ1v) is 3.00. The van der Waals surface area contributed by atoms with Crippen molar-refractivity contribution < 1.29 is 0 Å². The minimum Gasteiger partial charge on any atom is -0.101 e. The van der Waals surface area contributed by atoms with E-state index in [1.54, 1.807) is 13.0 Å². The number of alkyl halides is 2. The number of halogens is 3. The molecule has 0 saturated heterocycles. The van der Waals surface area contributed by atoms with E-state index >= 15 is 0 Å². The number of allylic oxidation sites excluding steroid dienone is 2. The first kappa shape index (κ1) is 7.61. The van der Waals surface area contributed by atoms with Gasteiger partial charge in [0.15, 0.2) is 0 Å². The zero-order valence-corrected chi connectivity index (χ0v) is 6.06. The van der Waals surface area contributed by atoms with E-state index in [-0.39, 0.29) is 0 Å². The SMILES string of the molecule is C/C(Cl)=C\C(Cl)Cl. The normalized spacial score (nSPS) is 13.0. The zero-order valence-electron chi connectivity index (χ0n) is 3.79. The highest BCUT2D eigenvalue weighted by atomic mass is 35.5. The predicted molar refractivity (Wildman–Crippen MR) is 35.1 cm³/mol. The molecule has 0 aromatic heterocycles. The Morgan fingerprint density at radius 3 is 2.00 bits per heavy atom. The summed E-state index contributed by atoms with van der Waals surface area (Å²) in [6, 6.07) is 0. The van der Waals surface area contributed by atoms with Gasteiger partial charge < -0.3 is 0 Å². The molecule has 0 fully saturated rings. The van der Waals surface area contributed by atoms with Gasteiger partial charge in [-0.2, -0.15) is 0 Å². The van der Waals surface area contributed by atoms with Crippen molar-refractivity contribution in [1.82, 2.24) is 0 Å². The van der Waals surface area contributed by atoms with Crippen molar-refractivity contribution in [1.29, 1.82) is 0 Å². The molecule has 0 saturated carbocycles. The smallest absolute Gasteiger partial charge is 0.101 e. The molecule has 0 heterocycles. The van der Waals surface area contributed by atoms with Crippen LogP contribution < -0.4 is 0 Å². The summed E-state index contributed by atoms with van der Waals surface area (Å²) in [4.78, 5) is -0.475. The summed E-state index contributed by atoms with van der Waals surface area (Å²) >= 11 is 15.9. The number of hydrogen-bond donors (Lipinski definition) is 0. The maximum absolute atomic E-state index is 5.36. The second-order valence-electron chi connectivity index (χ2n) is 1.09. The van der Waals surface area contributed by atoms with Crippen LogP contribution in [0.3, 0.4) is 0 Å². The van der Waals surface area contributed by atoms with Gasteiger partial charge in [-0.1, -0.05) is 11.6 Å². The number of rotatable bonds is 1. The zero-order chi connectivity index (χ0) is 5.86. The molecule has 0 N–H and O–H groups in total. The van der Waals surface area contributed by atoms with Crippen LogP contribution in [0, 0.1) is 0 Å². The lowest BCUT2D eigenvalue weighted by Crippen LogP contribution is -1.75. The highest BCUT2D eigenvalue weighted by Crippen LogP contribution is 2.08. The summed E-state index contributed by atoms with van der Waals surface area (Å²) in [5.41, 5.74) is 0. The molecule has 0 aliphatic carbocycles. The summed E-state index contributed by atoms with van der Waals surface area (Å²) in [7, 11) is 0. The molecule has 0 spiro atoms. The highest BCUT2D eigenvalue weighted by Gasteiger charge is 1.89. The standard InChI is InChI=1S/C4H5Cl3/c1-3(5)2-4(6)7/h2,4H,1H3/b3-2+. The molecule has 7 heavy (non-hydrogen) atoms.